The third-order valence-electron chi connectivity index (χ3n) is 3.49. The number of carbonyl (C=O) groups is 2. The molecule has 0 bridgehead atoms. The number of fused-ring (bicyclic) bond motifs is 1. The fourth-order valence-electron chi connectivity index (χ4n) is 2.45. The summed E-state index contributed by atoms with van der Waals surface area (Å²) in [7, 11) is 0. The van der Waals surface area contributed by atoms with Crippen LogP contribution in [0, 0.1) is 11.8 Å². The minimum absolute atomic E-state index is 0.126. The van der Waals surface area contributed by atoms with E-state index in [0.29, 0.717) is 38.0 Å². The van der Waals surface area contributed by atoms with E-state index in [0.717, 1.165) is 11.1 Å². The molecule has 1 aliphatic rings. The monoisotopic (exact) mass is 286 g/mol. The minimum Gasteiger partial charge on any atom is -0.478 e. The summed E-state index contributed by atoms with van der Waals surface area (Å²) in [6.07, 6.45) is 1.20. The summed E-state index contributed by atoms with van der Waals surface area (Å²) in [4.78, 5) is 24.9. The second kappa shape index (κ2) is 6.80. The van der Waals surface area contributed by atoms with Crippen LogP contribution in [0.5, 0.6) is 0 Å². The van der Waals surface area contributed by atoms with Crippen molar-refractivity contribution in [2.24, 2.45) is 0 Å². The molecular weight excluding hydrogens is 268 g/mol. The normalized spacial score (nSPS) is 12.9. The summed E-state index contributed by atoms with van der Waals surface area (Å²) >= 11 is 0. The van der Waals surface area contributed by atoms with Crippen molar-refractivity contribution in [2.75, 3.05) is 13.1 Å². The summed E-state index contributed by atoms with van der Waals surface area (Å²) in [6, 6.07) is 5.09. The number of carboxylic acid groups (broad SMARTS) is 1. The van der Waals surface area contributed by atoms with Crippen LogP contribution in [-0.2, 0) is 13.0 Å². The van der Waals surface area contributed by atoms with E-state index in [1.165, 1.54) is 0 Å². The number of amides is 2. The number of nitrogens with one attached hydrogen (secondary N) is 1. The van der Waals surface area contributed by atoms with Crippen molar-refractivity contribution in [1.29, 1.82) is 0 Å². The van der Waals surface area contributed by atoms with Crippen molar-refractivity contribution in [1.82, 2.24) is 10.2 Å². The Morgan fingerprint density at radius 3 is 2.95 bits per heavy atom. The molecule has 1 aromatic rings. The predicted molar refractivity (Wildman–Crippen MR) is 79.0 cm³/mol. The summed E-state index contributed by atoms with van der Waals surface area (Å²) in [6.45, 7) is 3.27. The number of urea groups is 1. The van der Waals surface area contributed by atoms with Crippen molar-refractivity contribution < 1.29 is 14.7 Å². The second-order valence-corrected chi connectivity index (χ2v) is 4.83. The highest BCUT2D eigenvalue weighted by Crippen LogP contribution is 2.22. The average Bonchev–Trinajstić information content (AvgIpc) is 2.50. The van der Waals surface area contributed by atoms with Crippen molar-refractivity contribution in [3.05, 3.63) is 34.9 Å². The lowest BCUT2D eigenvalue weighted by Crippen LogP contribution is -2.43. The van der Waals surface area contributed by atoms with Gasteiger partial charge in [0, 0.05) is 26.1 Å². The number of rotatable bonds is 3. The zero-order valence-electron chi connectivity index (χ0n) is 12.0. The lowest BCUT2D eigenvalue weighted by molar-refractivity contribution is 0.0695. The maximum atomic E-state index is 12.0. The highest BCUT2D eigenvalue weighted by molar-refractivity contribution is 5.90. The van der Waals surface area contributed by atoms with Crippen LogP contribution in [0.2, 0.25) is 0 Å². The summed E-state index contributed by atoms with van der Waals surface area (Å²) in [5.41, 5.74) is 2.08. The SMILES string of the molecule is CC#CCCNC(=O)N1CCc2c(cccc2C(=O)O)C1. The summed E-state index contributed by atoms with van der Waals surface area (Å²) in [5, 5.41) is 12.0. The first-order valence-corrected chi connectivity index (χ1v) is 6.90. The Kier molecular flexibility index (Phi) is 4.83. The molecule has 0 saturated carbocycles. The van der Waals surface area contributed by atoms with Crippen LogP contribution < -0.4 is 5.32 Å². The van der Waals surface area contributed by atoms with Crippen LogP contribution in [-0.4, -0.2) is 35.1 Å². The van der Waals surface area contributed by atoms with Gasteiger partial charge in [0.2, 0.25) is 0 Å². The quantitative estimate of drug-likeness (QED) is 0.658. The molecule has 0 spiro atoms. The van der Waals surface area contributed by atoms with Crippen molar-refractivity contribution in [2.45, 2.75) is 26.3 Å². The maximum Gasteiger partial charge on any atom is 0.335 e. The van der Waals surface area contributed by atoms with Gasteiger partial charge in [0.15, 0.2) is 0 Å². The molecule has 0 atom stereocenters. The highest BCUT2D eigenvalue weighted by atomic mass is 16.4. The van der Waals surface area contributed by atoms with Crippen LogP contribution in [0.25, 0.3) is 0 Å². The average molecular weight is 286 g/mol. The first kappa shape index (κ1) is 14.9. The summed E-state index contributed by atoms with van der Waals surface area (Å²) < 4.78 is 0. The number of hydrogen-bond donors (Lipinski definition) is 2. The Hall–Kier alpha value is -2.48. The molecule has 1 aliphatic heterocycles. The van der Waals surface area contributed by atoms with Crippen LogP contribution in [0.4, 0.5) is 4.79 Å². The number of carbonyl (C=O) groups excluding carboxylic acids is 1. The standard InChI is InChI=1S/C16H18N2O3/c1-2-3-4-9-17-16(21)18-10-8-13-12(11-18)6-5-7-14(13)15(19)20/h5-7H,4,8-11H2,1H3,(H,17,21)(H,19,20). The number of hydrogen-bond acceptors (Lipinski definition) is 2. The smallest absolute Gasteiger partial charge is 0.335 e. The third kappa shape index (κ3) is 3.54. The lowest BCUT2D eigenvalue weighted by Gasteiger charge is -2.29. The van der Waals surface area contributed by atoms with Gasteiger partial charge in [-0.15, -0.1) is 11.8 Å². The molecule has 5 heteroatoms. The van der Waals surface area contributed by atoms with E-state index in [1.54, 1.807) is 24.0 Å². The van der Waals surface area contributed by atoms with E-state index in [1.807, 2.05) is 6.07 Å². The Labute approximate surface area is 124 Å². The second-order valence-electron chi connectivity index (χ2n) is 4.83. The summed E-state index contributed by atoms with van der Waals surface area (Å²) in [5.74, 6) is 4.76. The minimum atomic E-state index is -0.914. The molecule has 0 saturated heterocycles. The van der Waals surface area contributed by atoms with Gasteiger partial charge in [0.25, 0.3) is 0 Å². The fourth-order valence-corrected chi connectivity index (χ4v) is 2.45. The maximum absolute atomic E-state index is 12.0. The number of nitrogens with zero attached hydrogens (tertiary/aromatic N) is 1. The van der Waals surface area contributed by atoms with Crippen LogP contribution in [0.15, 0.2) is 18.2 Å². The molecule has 21 heavy (non-hydrogen) atoms. The first-order valence-electron chi connectivity index (χ1n) is 6.90. The van der Waals surface area contributed by atoms with E-state index in [-0.39, 0.29) is 6.03 Å². The molecule has 0 unspecified atom stereocenters. The molecule has 0 fully saturated rings. The Balaban J connectivity index is 2.02. The van der Waals surface area contributed by atoms with E-state index in [4.69, 9.17) is 0 Å². The Morgan fingerprint density at radius 2 is 2.24 bits per heavy atom. The molecule has 2 N–H and O–H groups in total. The zero-order valence-corrected chi connectivity index (χ0v) is 12.0. The van der Waals surface area contributed by atoms with Crippen molar-refractivity contribution in [3.63, 3.8) is 0 Å². The Bertz CT molecular complexity index is 614. The van der Waals surface area contributed by atoms with Crippen molar-refractivity contribution >= 4 is 12.0 Å². The van der Waals surface area contributed by atoms with Crippen LogP contribution >= 0.6 is 0 Å². The van der Waals surface area contributed by atoms with Gasteiger partial charge in [-0.3, -0.25) is 0 Å². The van der Waals surface area contributed by atoms with E-state index < -0.39 is 5.97 Å². The van der Waals surface area contributed by atoms with Crippen LogP contribution in [0.3, 0.4) is 0 Å². The largest absolute Gasteiger partial charge is 0.478 e. The van der Waals surface area contributed by atoms with Gasteiger partial charge in [0.1, 0.15) is 0 Å². The van der Waals surface area contributed by atoms with Crippen LogP contribution in [0.1, 0.15) is 34.8 Å². The zero-order chi connectivity index (χ0) is 15.2. The molecule has 2 rings (SSSR count). The van der Waals surface area contributed by atoms with Gasteiger partial charge < -0.3 is 15.3 Å². The predicted octanol–water partition coefficient (Wildman–Crippen LogP) is 1.87. The van der Waals surface area contributed by atoms with Gasteiger partial charge in [-0.05, 0) is 30.5 Å². The molecule has 0 radical (unpaired) electrons. The topological polar surface area (TPSA) is 69.6 Å². The molecule has 5 nitrogen and oxygen atoms in total. The van der Waals surface area contributed by atoms with E-state index in [9.17, 15) is 14.7 Å². The van der Waals surface area contributed by atoms with E-state index >= 15 is 0 Å². The third-order valence-corrected chi connectivity index (χ3v) is 3.49. The molecule has 2 amide bonds. The molecule has 0 aromatic heterocycles. The van der Waals surface area contributed by atoms with Gasteiger partial charge in [0.05, 0.1) is 5.56 Å². The molecular formula is C16H18N2O3. The molecule has 0 aliphatic carbocycles. The molecule has 1 heterocycles. The van der Waals surface area contributed by atoms with Gasteiger partial charge >= 0.3 is 12.0 Å². The lowest BCUT2D eigenvalue weighted by atomic mass is 9.95. The highest BCUT2D eigenvalue weighted by Gasteiger charge is 2.23. The number of aromatic carboxylic acids is 1. The van der Waals surface area contributed by atoms with Gasteiger partial charge in [-0.25, -0.2) is 9.59 Å². The molecule has 1 aromatic carbocycles. The van der Waals surface area contributed by atoms with Gasteiger partial charge in [-0.1, -0.05) is 12.1 Å². The van der Waals surface area contributed by atoms with Crippen molar-refractivity contribution in [3.8, 4) is 11.8 Å². The fraction of sp³-hybridized carbons (Fsp3) is 0.375. The van der Waals surface area contributed by atoms with Gasteiger partial charge in [-0.2, -0.15) is 0 Å². The first-order chi connectivity index (χ1) is 10.1. The Morgan fingerprint density at radius 1 is 1.43 bits per heavy atom. The molecule has 110 valence electrons. The number of carboxylic acids is 1. The number of benzene rings is 1. The van der Waals surface area contributed by atoms with E-state index in [2.05, 4.69) is 17.2 Å².